The van der Waals surface area contributed by atoms with Crippen LogP contribution in [-0.2, 0) is 17.8 Å². The largest absolute Gasteiger partial charge is 0.372 e. The molecule has 1 atom stereocenters. The van der Waals surface area contributed by atoms with Crippen molar-refractivity contribution in [2.45, 2.75) is 57.8 Å². The molecular weight excluding hydrogens is 599 g/mol. The molecule has 0 aliphatic carbocycles. The highest BCUT2D eigenvalue weighted by Crippen LogP contribution is 2.31. The monoisotopic (exact) mass is 638 g/mol. The summed E-state index contributed by atoms with van der Waals surface area (Å²) in [5, 5.41) is 20.8. The molecule has 0 fully saturated rings. The fourth-order valence-corrected chi connectivity index (χ4v) is 5.10. The lowest BCUT2D eigenvalue weighted by Gasteiger charge is -2.19. The number of nitrogens with zero attached hydrogens (tertiary/aromatic N) is 2. The van der Waals surface area contributed by atoms with E-state index in [4.69, 9.17) is 44.4 Å². The Balaban J connectivity index is 1.50. The van der Waals surface area contributed by atoms with E-state index in [1.165, 1.54) is 4.57 Å². The van der Waals surface area contributed by atoms with Crippen molar-refractivity contribution in [3.05, 3.63) is 81.1 Å². The number of guanidine groups is 2. The molecule has 0 saturated carbocycles. The van der Waals surface area contributed by atoms with Crippen LogP contribution in [0.2, 0.25) is 5.02 Å². The first-order valence-corrected chi connectivity index (χ1v) is 14.9. The third-order valence-electron chi connectivity index (χ3n) is 7.17. The van der Waals surface area contributed by atoms with E-state index >= 15 is 4.39 Å². The lowest BCUT2D eigenvalue weighted by Crippen LogP contribution is -2.40. The third-order valence-corrected chi connectivity index (χ3v) is 7.45. The van der Waals surface area contributed by atoms with Crippen molar-refractivity contribution in [2.24, 2.45) is 17.2 Å². The summed E-state index contributed by atoms with van der Waals surface area (Å²) >= 11 is 6.26. The van der Waals surface area contributed by atoms with E-state index in [0.717, 1.165) is 24.0 Å². The van der Waals surface area contributed by atoms with Crippen molar-refractivity contribution in [1.29, 1.82) is 10.8 Å². The van der Waals surface area contributed by atoms with Gasteiger partial charge in [0.15, 0.2) is 17.7 Å². The highest BCUT2D eigenvalue weighted by molar-refractivity contribution is 6.31. The Morgan fingerprint density at radius 3 is 2.51 bits per heavy atom. The van der Waals surface area contributed by atoms with Crippen LogP contribution in [0.1, 0.15) is 44.2 Å². The van der Waals surface area contributed by atoms with Crippen LogP contribution in [0.15, 0.2) is 53.5 Å². The van der Waals surface area contributed by atoms with Gasteiger partial charge in [0, 0.05) is 35.8 Å². The number of benzene rings is 2. The number of aromatic nitrogens is 3. The van der Waals surface area contributed by atoms with Gasteiger partial charge >= 0.3 is 5.69 Å². The maximum absolute atomic E-state index is 15.1. The maximum Gasteiger partial charge on any atom is 0.354 e. The summed E-state index contributed by atoms with van der Waals surface area (Å²) in [7, 11) is 0. The molecule has 2 aromatic carbocycles. The molecule has 4 rings (SSSR count). The lowest BCUT2D eigenvalue weighted by atomic mass is 9.96. The first-order valence-electron chi connectivity index (χ1n) is 14.6. The number of nitrogens with two attached hydrogens (primary N) is 3. The minimum absolute atomic E-state index is 0.0268. The molecule has 12 nitrogen and oxygen atoms in total. The second-order valence-electron chi connectivity index (χ2n) is 11.7. The minimum atomic E-state index is -0.548. The standard InChI is InChI=1S/C31H40ClFN10O2/c1-31(2,38)10-3-4-19-12-23(26(33)24(32)13-19)25-14-20-16-43(30(44)42-27(20)41-25)21-7-5-18(6-8-21)17-45-22(15-40-29(36)37)9-11-39-28(34)35/h5-8,12-14,16,22H,3-4,9-11,15,17,38H2,1-2H3,(H4,34,35,39)(H4,36,37,40)(H,41,42,44)/t22-/m1/s1. The van der Waals surface area contributed by atoms with Crippen LogP contribution in [0.25, 0.3) is 28.0 Å². The van der Waals surface area contributed by atoms with Gasteiger partial charge in [-0.05, 0) is 81.0 Å². The predicted octanol–water partition coefficient (Wildman–Crippen LogP) is 3.47. The third kappa shape index (κ3) is 9.51. The van der Waals surface area contributed by atoms with Crippen molar-refractivity contribution < 1.29 is 9.13 Å². The lowest BCUT2D eigenvalue weighted by molar-refractivity contribution is 0.0389. The van der Waals surface area contributed by atoms with Gasteiger partial charge in [-0.15, -0.1) is 0 Å². The Morgan fingerprint density at radius 2 is 1.84 bits per heavy atom. The number of aromatic amines is 1. The fourth-order valence-electron chi connectivity index (χ4n) is 4.86. The van der Waals surface area contributed by atoms with Gasteiger partial charge in [-0.1, -0.05) is 23.7 Å². The van der Waals surface area contributed by atoms with E-state index in [0.29, 0.717) is 53.9 Å². The average Bonchev–Trinajstić information content (AvgIpc) is 3.37. The molecule has 2 aromatic heterocycles. The highest BCUT2D eigenvalue weighted by atomic mass is 35.5. The van der Waals surface area contributed by atoms with E-state index in [1.54, 1.807) is 36.5 Å². The number of rotatable bonds is 14. The zero-order chi connectivity index (χ0) is 32.7. The quantitative estimate of drug-likeness (QED) is 0.0755. The van der Waals surface area contributed by atoms with Gasteiger partial charge in [0.25, 0.3) is 0 Å². The van der Waals surface area contributed by atoms with E-state index < -0.39 is 11.5 Å². The van der Waals surface area contributed by atoms with E-state index in [-0.39, 0.29) is 35.2 Å². The molecule has 11 N–H and O–H groups in total. The summed E-state index contributed by atoms with van der Waals surface area (Å²) in [6, 6.07) is 12.4. The average molecular weight is 639 g/mol. The predicted molar refractivity (Wildman–Crippen MR) is 176 cm³/mol. The molecule has 45 heavy (non-hydrogen) atoms. The van der Waals surface area contributed by atoms with Gasteiger partial charge in [0.1, 0.15) is 5.65 Å². The molecule has 0 amide bonds. The van der Waals surface area contributed by atoms with Gasteiger partial charge in [-0.25, -0.2) is 9.18 Å². The Hall–Kier alpha value is -4.46. The summed E-state index contributed by atoms with van der Waals surface area (Å²) in [4.78, 5) is 20.2. The van der Waals surface area contributed by atoms with E-state index in [9.17, 15) is 4.79 Å². The van der Waals surface area contributed by atoms with Crippen molar-refractivity contribution in [3.8, 4) is 16.9 Å². The number of hydrogen-bond donors (Lipinski definition) is 8. The number of halogens is 2. The zero-order valence-electron chi connectivity index (χ0n) is 25.3. The fraction of sp³-hybridized carbons (Fsp3) is 0.355. The normalized spacial score (nSPS) is 12.3. The van der Waals surface area contributed by atoms with Gasteiger partial charge in [0.05, 0.1) is 29.1 Å². The molecule has 0 spiro atoms. The number of hydrogen-bond acceptors (Lipinski definition) is 6. The summed E-state index contributed by atoms with van der Waals surface area (Å²) < 4.78 is 22.6. The molecule has 240 valence electrons. The Labute approximate surface area is 265 Å². The molecule has 0 unspecified atom stereocenters. The van der Waals surface area contributed by atoms with Crippen LogP contribution in [0.4, 0.5) is 4.39 Å². The van der Waals surface area contributed by atoms with Crippen molar-refractivity contribution in [1.82, 2.24) is 25.2 Å². The Kier molecular flexibility index (Phi) is 10.8. The smallest absolute Gasteiger partial charge is 0.354 e. The summed E-state index contributed by atoms with van der Waals surface area (Å²) in [5.41, 5.74) is 19.5. The Bertz CT molecular complexity index is 1710. The molecule has 0 aliphatic heterocycles. The highest BCUT2D eigenvalue weighted by Gasteiger charge is 2.17. The van der Waals surface area contributed by atoms with Crippen LogP contribution in [0.3, 0.4) is 0 Å². The van der Waals surface area contributed by atoms with Crippen LogP contribution in [0.5, 0.6) is 0 Å². The number of H-pyrrole nitrogens is 1. The van der Waals surface area contributed by atoms with Gasteiger partial charge in [0.2, 0.25) is 0 Å². The van der Waals surface area contributed by atoms with Crippen LogP contribution in [-0.4, -0.2) is 51.2 Å². The van der Waals surface area contributed by atoms with Gasteiger partial charge in [-0.3, -0.25) is 15.4 Å². The van der Waals surface area contributed by atoms with Crippen molar-refractivity contribution >= 4 is 34.6 Å². The molecule has 0 bridgehead atoms. The molecule has 0 aliphatic rings. The molecule has 0 saturated heterocycles. The van der Waals surface area contributed by atoms with E-state index in [1.807, 2.05) is 26.0 Å². The topological polar surface area (TPSA) is 210 Å². The number of ether oxygens (including phenoxy) is 1. The van der Waals surface area contributed by atoms with Crippen LogP contribution >= 0.6 is 11.6 Å². The van der Waals surface area contributed by atoms with Crippen molar-refractivity contribution in [2.75, 3.05) is 13.1 Å². The molecular formula is C31H40ClFN10O2. The molecule has 0 radical (unpaired) electrons. The zero-order valence-corrected chi connectivity index (χ0v) is 26.1. The first kappa shape index (κ1) is 33.4. The summed E-state index contributed by atoms with van der Waals surface area (Å²) in [6.07, 6.45) is 4.24. The van der Waals surface area contributed by atoms with E-state index in [2.05, 4.69) is 20.6 Å². The number of fused-ring (bicyclic) bond motifs is 1. The SMILES string of the molecule is CC(C)(N)CCCc1cc(Cl)c(F)c(-c2cc3cn(-c4ccc(CO[C@H](CCNC(=N)N)CNC(=N)N)cc4)c(=O)nc3[nH]2)c1. The number of nitrogens with one attached hydrogen (secondary N) is 5. The van der Waals surface area contributed by atoms with Crippen LogP contribution in [0, 0.1) is 16.6 Å². The van der Waals surface area contributed by atoms with Crippen molar-refractivity contribution in [3.63, 3.8) is 0 Å². The van der Waals surface area contributed by atoms with Gasteiger partial charge < -0.3 is 37.6 Å². The summed E-state index contributed by atoms with van der Waals surface area (Å²) in [6.45, 7) is 4.96. The second-order valence-corrected chi connectivity index (χ2v) is 12.1. The first-order chi connectivity index (χ1) is 21.3. The summed E-state index contributed by atoms with van der Waals surface area (Å²) in [5.74, 6) is -0.844. The minimum Gasteiger partial charge on any atom is -0.372 e. The molecule has 14 heteroatoms. The second kappa shape index (κ2) is 14.5. The number of aryl methyl sites for hydroxylation is 1. The maximum atomic E-state index is 15.1. The van der Waals surface area contributed by atoms with Gasteiger partial charge in [-0.2, -0.15) is 4.98 Å². The van der Waals surface area contributed by atoms with Crippen LogP contribution < -0.4 is 33.5 Å². The molecule has 2 heterocycles. The Morgan fingerprint density at radius 1 is 1.13 bits per heavy atom. The molecule has 4 aromatic rings.